The number of carbonyl (C=O) groups is 1. The van der Waals surface area contributed by atoms with Gasteiger partial charge in [0.15, 0.2) is 0 Å². The number of carbonyl (C=O) groups excluding carboxylic acids is 1. The number of nitrogens with one attached hydrogen (secondary N) is 2. The molecule has 1 amide bonds. The van der Waals surface area contributed by atoms with Crippen molar-refractivity contribution in [3.05, 3.63) is 58.4 Å². The molecule has 3 nitrogen and oxygen atoms in total. The summed E-state index contributed by atoms with van der Waals surface area (Å²) in [7, 11) is 1.74. The first-order valence-corrected chi connectivity index (χ1v) is 6.44. The average molecular weight is 293 g/mol. The maximum Gasteiger partial charge on any atom is 0.257 e. The first-order valence-electron chi connectivity index (χ1n) is 6.06. The molecule has 2 rings (SSSR count). The zero-order valence-corrected chi connectivity index (χ0v) is 11.9. The molecule has 0 spiro atoms. The standard InChI is InChI=1S/C15H14ClFN2O/c1-9-3-5-11(14(7-9)18-2)15(20)19-10-4-6-12(16)13(17)8-10/h3-8,18H,1-2H3,(H,19,20). The number of hydrogen-bond acceptors (Lipinski definition) is 2. The summed E-state index contributed by atoms with van der Waals surface area (Å²) in [6.45, 7) is 1.94. The lowest BCUT2D eigenvalue weighted by Crippen LogP contribution is -2.14. The average Bonchev–Trinajstić information content (AvgIpc) is 2.42. The molecule has 0 fully saturated rings. The number of rotatable bonds is 3. The molecule has 2 aromatic carbocycles. The summed E-state index contributed by atoms with van der Waals surface area (Å²) >= 11 is 5.60. The molecule has 2 aromatic rings. The van der Waals surface area contributed by atoms with Gasteiger partial charge in [-0.3, -0.25) is 4.79 Å². The van der Waals surface area contributed by atoms with E-state index in [1.807, 2.05) is 19.1 Å². The lowest BCUT2D eigenvalue weighted by molar-refractivity contribution is 0.102. The molecule has 0 unspecified atom stereocenters. The summed E-state index contributed by atoms with van der Waals surface area (Å²) in [6.07, 6.45) is 0. The Kier molecular flexibility index (Phi) is 4.25. The predicted molar refractivity (Wildman–Crippen MR) is 80.1 cm³/mol. The van der Waals surface area contributed by atoms with Gasteiger partial charge in [0, 0.05) is 18.4 Å². The van der Waals surface area contributed by atoms with Crippen molar-refractivity contribution >= 4 is 28.9 Å². The van der Waals surface area contributed by atoms with Gasteiger partial charge in [-0.25, -0.2) is 4.39 Å². The zero-order valence-electron chi connectivity index (χ0n) is 11.1. The summed E-state index contributed by atoms with van der Waals surface area (Å²) in [5.74, 6) is -0.877. The van der Waals surface area contributed by atoms with Crippen LogP contribution in [0.1, 0.15) is 15.9 Å². The van der Waals surface area contributed by atoms with E-state index in [1.165, 1.54) is 12.1 Å². The lowest BCUT2D eigenvalue weighted by Gasteiger charge is -2.11. The Morgan fingerprint density at radius 2 is 1.95 bits per heavy atom. The van der Waals surface area contributed by atoms with Crippen LogP contribution in [0.2, 0.25) is 5.02 Å². The minimum Gasteiger partial charge on any atom is -0.387 e. The van der Waals surface area contributed by atoms with Crippen LogP contribution in [0.3, 0.4) is 0 Å². The van der Waals surface area contributed by atoms with Crippen LogP contribution in [0.5, 0.6) is 0 Å². The first kappa shape index (κ1) is 14.3. The molecule has 0 bridgehead atoms. The van der Waals surface area contributed by atoms with Crippen LogP contribution in [-0.4, -0.2) is 13.0 Å². The Morgan fingerprint density at radius 1 is 1.20 bits per heavy atom. The summed E-state index contributed by atoms with van der Waals surface area (Å²) in [4.78, 5) is 12.2. The first-order chi connectivity index (χ1) is 9.51. The fraction of sp³-hybridized carbons (Fsp3) is 0.133. The van der Waals surface area contributed by atoms with E-state index in [0.29, 0.717) is 11.3 Å². The van der Waals surface area contributed by atoms with Crippen molar-refractivity contribution in [1.29, 1.82) is 0 Å². The van der Waals surface area contributed by atoms with Crippen molar-refractivity contribution in [1.82, 2.24) is 0 Å². The van der Waals surface area contributed by atoms with Crippen LogP contribution in [0.15, 0.2) is 36.4 Å². The number of halogens is 2. The Hall–Kier alpha value is -2.07. The van der Waals surface area contributed by atoms with Crippen molar-refractivity contribution in [2.75, 3.05) is 17.7 Å². The molecule has 0 aliphatic rings. The Labute approximate surface area is 121 Å². The summed E-state index contributed by atoms with van der Waals surface area (Å²) in [5, 5.41) is 5.63. The van der Waals surface area contributed by atoms with Gasteiger partial charge in [-0.05, 0) is 42.8 Å². The topological polar surface area (TPSA) is 41.1 Å². The monoisotopic (exact) mass is 292 g/mol. The van der Waals surface area contributed by atoms with E-state index in [4.69, 9.17) is 11.6 Å². The second-order valence-electron chi connectivity index (χ2n) is 4.38. The largest absolute Gasteiger partial charge is 0.387 e. The van der Waals surface area contributed by atoms with E-state index in [1.54, 1.807) is 19.2 Å². The van der Waals surface area contributed by atoms with Gasteiger partial charge in [-0.2, -0.15) is 0 Å². The number of amides is 1. The van der Waals surface area contributed by atoms with Gasteiger partial charge in [-0.15, -0.1) is 0 Å². The number of benzene rings is 2. The Balaban J connectivity index is 2.25. The highest BCUT2D eigenvalue weighted by Gasteiger charge is 2.12. The molecular formula is C15H14ClFN2O. The third-order valence-corrected chi connectivity index (χ3v) is 3.17. The molecule has 0 aliphatic carbocycles. The van der Waals surface area contributed by atoms with E-state index in [-0.39, 0.29) is 10.9 Å². The molecule has 104 valence electrons. The van der Waals surface area contributed by atoms with Crippen LogP contribution in [-0.2, 0) is 0 Å². The van der Waals surface area contributed by atoms with Crippen molar-refractivity contribution in [3.8, 4) is 0 Å². The number of anilines is 2. The maximum atomic E-state index is 13.3. The fourth-order valence-corrected chi connectivity index (χ4v) is 1.95. The predicted octanol–water partition coefficient (Wildman–Crippen LogP) is 4.08. The molecular weight excluding hydrogens is 279 g/mol. The van der Waals surface area contributed by atoms with Crippen molar-refractivity contribution < 1.29 is 9.18 Å². The van der Waals surface area contributed by atoms with Gasteiger partial charge in [0.1, 0.15) is 5.82 Å². The smallest absolute Gasteiger partial charge is 0.257 e. The molecule has 0 saturated carbocycles. The highest BCUT2D eigenvalue weighted by Crippen LogP contribution is 2.21. The summed E-state index contributed by atoms with van der Waals surface area (Å²) in [5.41, 5.74) is 2.62. The molecule has 0 aliphatic heterocycles. The zero-order chi connectivity index (χ0) is 14.7. The molecule has 0 radical (unpaired) electrons. The minimum absolute atomic E-state index is 0.0225. The summed E-state index contributed by atoms with van der Waals surface area (Å²) < 4.78 is 13.3. The quantitative estimate of drug-likeness (QED) is 0.895. The number of hydrogen-bond donors (Lipinski definition) is 2. The lowest BCUT2D eigenvalue weighted by atomic mass is 10.1. The highest BCUT2D eigenvalue weighted by atomic mass is 35.5. The fourth-order valence-electron chi connectivity index (χ4n) is 1.84. The van der Waals surface area contributed by atoms with E-state index >= 15 is 0 Å². The normalized spacial score (nSPS) is 10.2. The van der Waals surface area contributed by atoms with Gasteiger partial charge in [0.25, 0.3) is 5.91 Å². The molecule has 20 heavy (non-hydrogen) atoms. The van der Waals surface area contributed by atoms with Gasteiger partial charge >= 0.3 is 0 Å². The van der Waals surface area contributed by atoms with Crippen LogP contribution in [0.4, 0.5) is 15.8 Å². The van der Waals surface area contributed by atoms with Crippen molar-refractivity contribution in [2.24, 2.45) is 0 Å². The van der Waals surface area contributed by atoms with Crippen molar-refractivity contribution in [3.63, 3.8) is 0 Å². The highest BCUT2D eigenvalue weighted by molar-refractivity contribution is 6.30. The third-order valence-electron chi connectivity index (χ3n) is 2.87. The third kappa shape index (κ3) is 3.08. The van der Waals surface area contributed by atoms with E-state index in [2.05, 4.69) is 10.6 Å². The second kappa shape index (κ2) is 5.92. The van der Waals surface area contributed by atoms with E-state index in [9.17, 15) is 9.18 Å². The molecule has 0 saturated heterocycles. The molecule has 0 heterocycles. The van der Waals surface area contributed by atoms with Gasteiger partial charge in [-0.1, -0.05) is 17.7 Å². The van der Waals surface area contributed by atoms with Crippen LogP contribution in [0, 0.1) is 12.7 Å². The van der Waals surface area contributed by atoms with E-state index in [0.717, 1.165) is 11.3 Å². The van der Waals surface area contributed by atoms with Crippen molar-refractivity contribution in [2.45, 2.75) is 6.92 Å². The van der Waals surface area contributed by atoms with Crippen LogP contribution >= 0.6 is 11.6 Å². The molecule has 0 aromatic heterocycles. The Bertz CT molecular complexity index is 658. The van der Waals surface area contributed by atoms with Gasteiger partial charge in [0.2, 0.25) is 0 Å². The second-order valence-corrected chi connectivity index (χ2v) is 4.79. The SMILES string of the molecule is CNc1cc(C)ccc1C(=O)Nc1ccc(Cl)c(F)c1. The Morgan fingerprint density at radius 3 is 2.60 bits per heavy atom. The van der Waals surface area contributed by atoms with Gasteiger partial charge in [0.05, 0.1) is 10.6 Å². The number of aryl methyl sites for hydroxylation is 1. The molecule has 0 atom stereocenters. The van der Waals surface area contributed by atoms with Gasteiger partial charge < -0.3 is 10.6 Å². The molecule has 2 N–H and O–H groups in total. The van der Waals surface area contributed by atoms with Crippen LogP contribution in [0.25, 0.3) is 0 Å². The molecule has 5 heteroatoms. The maximum absolute atomic E-state index is 13.3. The van der Waals surface area contributed by atoms with Crippen LogP contribution < -0.4 is 10.6 Å². The minimum atomic E-state index is -0.567. The van der Waals surface area contributed by atoms with E-state index < -0.39 is 5.82 Å². The summed E-state index contributed by atoms with van der Waals surface area (Å²) in [6, 6.07) is 9.59.